The van der Waals surface area contributed by atoms with Gasteiger partial charge in [0.15, 0.2) is 0 Å². The molecule has 0 saturated carbocycles. The Balaban J connectivity index is 2.45. The fourth-order valence-electron chi connectivity index (χ4n) is 1.29. The summed E-state index contributed by atoms with van der Waals surface area (Å²) in [4.78, 5) is 11.7. The van der Waals surface area contributed by atoms with E-state index in [2.05, 4.69) is 0 Å². The molecule has 1 rings (SSSR count). The van der Waals surface area contributed by atoms with Gasteiger partial charge in [0, 0.05) is 13.1 Å². The summed E-state index contributed by atoms with van der Waals surface area (Å²) in [6.45, 7) is 0.835. The van der Waals surface area contributed by atoms with Gasteiger partial charge in [0.25, 0.3) is 0 Å². The molecule has 11 heavy (non-hydrogen) atoms. The summed E-state index contributed by atoms with van der Waals surface area (Å²) in [7, 11) is 0. The van der Waals surface area contributed by atoms with Crippen LogP contribution in [-0.4, -0.2) is 40.4 Å². The predicted molar refractivity (Wildman–Crippen MR) is 39.5 cm³/mol. The van der Waals surface area contributed by atoms with Crippen LogP contribution >= 0.6 is 0 Å². The van der Waals surface area contributed by atoms with Gasteiger partial charge in [-0.25, -0.2) is 4.79 Å². The molecule has 1 saturated heterocycles. The van der Waals surface area contributed by atoms with E-state index < -0.39 is 12.2 Å². The van der Waals surface area contributed by atoms with Gasteiger partial charge < -0.3 is 15.1 Å². The molecule has 4 heteroatoms. The number of likely N-dealkylation sites (tertiary alicyclic amines) is 1. The molecule has 1 amide bonds. The first-order valence-electron chi connectivity index (χ1n) is 3.86. The molecule has 64 valence electrons. The third-order valence-corrected chi connectivity index (χ3v) is 1.92. The number of β-amino-alcohol motifs (C(OH)–C–C–N with tert-alkyl or cyclic N) is 1. The first kappa shape index (κ1) is 8.33. The van der Waals surface area contributed by atoms with Crippen molar-refractivity contribution in [2.75, 3.05) is 13.1 Å². The maximum atomic E-state index is 10.5. The average Bonchev–Trinajstić information content (AvgIpc) is 2.13. The summed E-state index contributed by atoms with van der Waals surface area (Å²) in [6.07, 6.45) is 1.12. The van der Waals surface area contributed by atoms with Crippen molar-refractivity contribution in [3.63, 3.8) is 0 Å². The molecule has 0 aromatic carbocycles. The Hall–Kier alpha value is -0.770. The minimum absolute atomic E-state index is 0.273. The molecule has 1 atom stereocenters. The number of carbonyl (C=O) groups is 1. The summed E-state index contributed by atoms with van der Waals surface area (Å²) in [5, 5.41) is 17.8. The highest BCUT2D eigenvalue weighted by atomic mass is 16.4. The first-order valence-corrected chi connectivity index (χ1v) is 3.86. The van der Waals surface area contributed by atoms with Crippen LogP contribution in [0.15, 0.2) is 0 Å². The van der Waals surface area contributed by atoms with Crippen molar-refractivity contribution >= 4 is 6.09 Å². The number of aliphatic hydroxyl groups is 1. The lowest BCUT2D eigenvalue weighted by atomic mass is 10.2. The topological polar surface area (TPSA) is 60.8 Å². The van der Waals surface area contributed by atoms with Crippen LogP contribution in [0.1, 0.15) is 19.3 Å². The molecule has 0 bridgehead atoms. The second-order valence-corrected chi connectivity index (χ2v) is 2.88. The Morgan fingerprint density at radius 3 is 2.82 bits per heavy atom. The Morgan fingerprint density at radius 1 is 1.45 bits per heavy atom. The Kier molecular flexibility index (Phi) is 2.70. The van der Waals surface area contributed by atoms with Crippen molar-refractivity contribution in [1.29, 1.82) is 0 Å². The highest BCUT2D eigenvalue weighted by Crippen LogP contribution is 2.09. The summed E-state index contributed by atoms with van der Waals surface area (Å²) >= 11 is 0. The van der Waals surface area contributed by atoms with Gasteiger partial charge in [-0.05, 0) is 19.3 Å². The maximum Gasteiger partial charge on any atom is 0.407 e. The Bertz CT molecular complexity index is 149. The molecule has 1 fully saturated rings. The van der Waals surface area contributed by atoms with Crippen molar-refractivity contribution in [3.05, 3.63) is 0 Å². The molecular weight excluding hydrogens is 146 g/mol. The summed E-state index contributed by atoms with van der Waals surface area (Å²) in [5.41, 5.74) is 0. The van der Waals surface area contributed by atoms with Crippen LogP contribution in [0.2, 0.25) is 0 Å². The lowest BCUT2D eigenvalue weighted by Crippen LogP contribution is -2.35. The van der Waals surface area contributed by atoms with E-state index in [4.69, 9.17) is 5.11 Å². The van der Waals surface area contributed by atoms with Crippen molar-refractivity contribution in [3.8, 4) is 0 Å². The number of aliphatic hydroxyl groups excluding tert-OH is 1. The second kappa shape index (κ2) is 3.57. The van der Waals surface area contributed by atoms with Gasteiger partial charge in [0.05, 0.1) is 6.10 Å². The third-order valence-electron chi connectivity index (χ3n) is 1.92. The van der Waals surface area contributed by atoms with Gasteiger partial charge in [-0.1, -0.05) is 0 Å². The van der Waals surface area contributed by atoms with Crippen molar-refractivity contribution in [1.82, 2.24) is 4.90 Å². The quantitative estimate of drug-likeness (QED) is 0.541. The van der Waals surface area contributed by atoms with Gasteiger partial charge in [0.2, 0.25) is 0 Å². The molecular formula is C7H13NO3. The highest BCUT2D eigenvalue weighted by Gasteiger charge is 2.18. The van der Waals surface area contributed by atoms with E-state index >= 15 is 0 Å². The number of nitrogens with zero attached hydrogens (tertiary/aromatic N) is 1. The molecule has 0 aliphatic carbocycles. The van der Waals surface area contributed by atoms with E-state index in [9.17, 15) is 9.90 Å². The van der Waals surface area contributed by atoms with E-state index in [1.807, 2.05) is 0 Å². The molecule has 0 radical (unpaired) electrons. The molecule has 1 heterocycles. The lowest BCUT2D eigenvalue weighted by Gasteiger charge is -2.17. The van der Waals surface area contributed by atoms with Crippen molar-refractivity contribution < 1.29 is 15.0 Å². The summed E-state index contributed by atoms with van der Waals surface area (Å²) in [5.74, 6) is 0. The summed E-state index contributed by atoms with van der Waals surface area (Å²) < 4.78 is 0. The van der Waals surface area contributed by atoms with Gasteiger partial charge >= 0.3 is 6.09 Å². The Morgan fingerprint density at radius 2 is 2.18 bits per heavy atom. The van der Waals surface area contributed by atoms with Gasteiger partial charge in [-0.15, -0.1) is 0 Å². The smallest absolute Gasteiger partial charge is 0.407 e. The van der Waals surface area contributed by atoms with E-state index in [0.29, 0.717) is 6.54 Å². The zero-order chi connectivity index (χ0) is 8.27. The number of hydrogen-bond donors (Lipinski definition) is 2. The minimum atomic E-state index is -0.925. The fraction of sp³-hybridized carbons (Fsp3) is 0.857. The molecule has 4 nitrogen and oxygen atoms in total. The largest absolute Gasteiger partial charge is 0.465 e. The van der Waals surface area contributed by atoms with Crippen LogP contribution in [0.25, 0.3) is 0 Å². The van der Waals surface area contributed by atoms with E-state index in [1.54, 1.807) is 0 Å². The summed E-state index contributed by atoms with van der Waals surface area (Å²) in [6, 6.07) is 0. The standard InChI is InChI=1S/C7H13NO3/c9-6-3-1-2-4-8(5-6)7(10)11/h6,9H,1-5H2,(H,10,11)/t6-/m1/s1. The van der Waals surface area contributed by atoms with Crippen molar-refractivity contribution in [2.24, 2.45) is 0 Å². The molecule has 0 aromatic rings. The van der Waals surface area contributed by atoms with Crippen LogP contribution < -0.4 is 0 Å². The van der Waals surface area contributed by atoms with Gasteiger partial charge in [-0.3, -0.25) is 0 Å². The second-order valence-electron chi connectivity index (χ2n) is 2.88. The van der Waals surface area contributed by atoms with E-state index in [1.165, 1.54) is 4.90 Å². The SMILES string of the molecule is O=C(O)N1CCCC[C@@H](O)C1. The molecule has 1 aliphatic heterocycles. The number of hydrogen-bond acceptors (Lipinski definition) is 2. The zero-order valence-corrected chi connectivity index (χ0v) is 6.36. The third kappa shape index (κ3) is 2.38. The van der Waals surface area contributed by atoms with Gasteiger partial charge in [-0.2, -0.15) is 0 Å². The number of carboxylic acid groups (broad SMARTS) is 1. The average molecular weight is 159 g/mol. The van der Waals surface area contributed by atoms with Gasteiger partial charge in [0.1, 0.15) is 0 Å². The zero-order valence-electron chi connectivity index (χ0n) is 6.36. The number of amides is 1. The normalized spacial score (nSPS) is 26.3. The molecule has 0 aromatic heterocycles. The lowest BCUT2D eigenvalue weighted by molar-refractivity contribution is 0.104. The van der Waals surface area contributed by atoms with Crippen LogP contribution in [0.3, 0.4) is 0 Å². The first-order chi connectivity index (χ1) is 5.20. The molecule has 0 spiro atoms. The molecule has 2 N–H and O–H groups in total. The molecule has 1 aliphatic rings. The monoisotopic (exact) mass is 159 g/mol. The maximum absolute atomic E-state index is 10.5. The Labute approximate surface area is 65.4 Å². The fourth-order valence-corrected chi connectivity index (χ4v) is 1.29. The van der Waals surface area contributed by atoms with Crippen molar-refractivity contribution in [2.45, 2.75) is 25.4 Å². The number of rotatable bonds is 0. The van der Waals surface area contributed by atoms with E-state index in [-0.39, 0.29) is 6.54 Å². The predicted octanol–water partition coefficient (Wildman–Crippen LogP) is 0.511. The minimum Gasteiger partial charge on any atom is -0.465 e. The van der Waals surface area contributed by atoms with Crippen LogP contribution in [-0.2, 0) is 0 Å². The van der Waals surface area contributed by atoms with Crippen LogP contribution in [0.5, 0.6) is 0 Å². The molecule has 0 unspecified atom stereocenters. The highest BCUT2D eigenvalue weighted by molar-refractivity contribution is 5.64. The van der Waals surface area contributed by atoms with Crippen LogP contribution in [0.4, 0.5) is 4.79 Å². The van der Waals surface area contributed by atoms with Crippen LogP contribution in [0, 0.1) is 0 Å². The van der Waals surface area contributed by atoms with E-state index in [0.717, 1.165) is 19.3 Å².